The van der Waals surface area contributed by atoms with E-state index in [1.165, 1.54) is 18.2 Å². The minimum absolute atomic E-state index is 0.0131. The second kappa shape index (κ2) is 4.74. The first-order chi connectivity index (χ1) is 8.49. The maximum Gasteiger partial charge on any atom is 0.194 e. The number of anilines is 1. The third kappa shape index (κ3) is 2.33. The van der Waals surface area contributed by atoms with Gasteiger partial charge in [0, 0.05) is 11.1 Å². The number of nitrogens with two attached hydrogens (primary N) is 1. The predicted octanol–water partition coefficient (Wildman–Crippen LogP) is 3.43. The Kier molecular flexibility index (Phi) is 3.30. The second-order valence-corrected chi connectivity index (χ2v) is 4.10. The molecule has 5 heteroatoms. The van der Waals surface area contributed by atoms with Crippen molar-refractivity contribution in [3.05, 3.63) is 64.2 Å². The van der Waals surface area contributed by atoms with Crippen molar-refractivity contribution in [2.45, 2.75) is 0 Å². The van der Waals surface area contributed by atoms with Crippen molar-refractivity contribution in [3.8, 4) is 0 Å². The lowest BCUT2D eigenvalue weighted by atomic mass is 10.0. The smallest absolute Gasteiger partial charge is 0.194 e. The fraction of sp³-hybridized carbons (Fsp3) is 0. The standard InChI is InChI=1S/C13H8ClF2NO/c14-10-3-2-8(15)6-9(10)13(18)7-1-4-12(17)11(16)5-7/h1-6H,17H2. The van der Waals surface area contributed by atoms with Gasteiger partial charge in [-0.15, -0.1) is 0 Å². The predicted molar refractivity (Wildman–Crippen MR) is 65.7 cm³/mol. The molecule has 2 rings (SSSR count). The molecule has 0 aliphatic heterocycles. The van der Waals surface area contributed by atoms with Crippen molar-refractivity contribution in [1.82, 2.24) is 0 Å². The van der Waals surface area contributed by atoms with Crippen LogP contribution in [0.4, 0.5) is 14.5 Å². The molecule has 2 aromatic rings. The summed E-state index contributed by atoms with van der Waals surface area (Å²) < 4.78 is 26.3. The third-order valence-electron chi connectivity index (χ3n) is 2.44. The summed E-state index contributed by atoms with van der Waals surface area (Å²) in [6, 6.07) is 7.07. The van der Waals surface area contributed by atoms with Gasteiger partial charge in [-0.05, 0) is 36.4 Å². The van der Waals surface area contributed by atoms with Crippen molar-refractivity contribution in [1.29, 1.82) is 0 Å². The molecule has 2 aromatic carbocycles. The first-order valence-corrected chi connectivity index (χ1v) is 5.41. The molecule has 0 saturated carbocycles. The quantitative estimate of drug-likeness (QED) is 0.669. The van der Waals surface area contributed by atoms with Crippen LogP contribution < -0.4 is 5.73 Å². The molecule has 0 amide bonds. The van der Waals surface area contributed by atoms with E-state index in [1.807, 2.05) is 0 Å². The molecule has 0 bridgehead atoms. The molecule has 0 aliphatic carbocycles. The lowest BCUT2D eigenvalue weighted by molar-refractivity contribution is 0.103. The topological polar surface area (TPSA) is 43.1 Å². The molecule has 0 heterocycles. The van der Waals surface area contributed by atoms with Crippen LogP contribution in [-0.4, -0.2) is 5.78 Å². The fourth-order valence-electron chi connectivity index (χ4n) is 1.50. The van der Waals surface area contributed by atoms with E-state index in [0.29, 0.717) is 0 Å². The molecule has 0 saturated heterocycles. The molecule has 0 fully saturated rings. The van der Waals surface area contributed by atoms with Crippen LogP contribution in [0.25, 0.3) is 0 Å². The Hall–Kier alpha value is -1.94. The van der Waals surface area contributed by atoms with Crippen LogP contribution in [0, 0.1) is 11.6 Å². The van der Waals surface area contributed by atoms with Gasteiger partial charge >= 0.3 is 0 Å². The highest BCUT2D eigenvalue weighted by atomic mass is 35.5. The summed E-state index contributed by atoms with van der Waals surface area (Å²) in [7, 11) is 0. The van der Waals surface area contributed by atoms with E-state index >= 15 is 0 Å². The van der Waals surface area contributed by atoms with E-state index in [4.69, 9.17) is 17.3 Å². The number of benzene rings is 2. The van der Waals surface area contributed by atoms with Gasteiger partial charge < -0.3 is 5.73 Å². The van der Waals surface area contributed by atoms with E-state index in [1.54, 1.807) is 0 Å². The average molecular weight is 268 g/mol. The van der Waals surface area contributed by atoms with Gasteiger partial charge in [-0.2, -0.15) is 0 Å². The molecule has 0 spiro atoms. The number of hydrogen-bond acceptors (Lipinski definition) is 2. The van der Waals surface area contributed by atoms with E-state index in [-0.39, 0.29) is 21.8 Å². The summed E-state index contributed by atoms with van der Waals surface area (Å²) in [6.07, 6.45) is 0. The molecule has 18 heavy (non-hydrogen) atoms. The molecule has 0 radical (unpaired) electrons. The second-order valence-electron chi connectivity index (χ2n) is 3.69. The van der Waals surface area contributed by atoms with Gasteiger partial charge in [0.25, 0.3) is 0 Å². The van der Waals surface area contributed by atoms with Crippen LogP contribution in [0.2, 0.25) is 5.02 Å². The van der Waals surface area contributed by atoms with Gasteiger partial charge in [0.1, 0.15) is 11.6 Å². The summed E-state index contributed by atoms with van der Waals surface area (Å²) in [6.45, 7) is 0. The van der Waals surface area contributed by atoms with Gasteiger partial charge in [0.2, 0.25) is 0 Å². The normalized spacial score (nSPS) is 10.4. The summed E-state index contributed by atoms with van der Waals surface area (Å²) in [5.41, 5.74) is 5.30. The maximum absolute atomic E-state index is 13.3. The Balaban J connectivity index is 2.47. The molecule has 2 nitrogen and oxygen atoms in total. The number of halogens is 3. The van der Waals surface area contributed by atoms with Gasteiger partial charge in [-0.1, -0.05) is 11.6 Å². The highest BCUT2D eigenvalue weighted by molar-refractivity contribution is 6.35. The Bertz CT molecular complexity index is 628. The van der Waals surface area contributed by atoms with E-state index < -0.39 is 17.4 Å². The van der Waals surface area contributed by atoms with Gasteiger partial charge in [0.15, 0.2) is 5.78 Å². The lowest BCUT2D eigenvalue weighted by Gasteiger charge is -2.05. The van der Waals surface area contributed by atoms with Gasteiger partial charge in [0.05, 0.1) is 10.7 Å². The Morgan fingerprint density at radius 3 is 2.50 bits per heavy atom. The summed E-state index contributed by atoms with van der Waals surface area (Å²) in [4.78, 5) is 12.0. The molecular weight excluding hydrogens is 260 g/mol. The monoisotopic (exact) mass is 267 g/mol. The van der Waals surface area contributed by atoms with E-state index in [2.05, 4.69) is 0 Å². The van der Waals surface area contributed by atoms with Crippen molar-refractivity contribution in [2.24, 2.45) is 0 Å². The Morgan fingerprint density at radius 1 is 1.11 bits per heavy atom. The zero-order valence-electron chi connectivity index (χ0n) is 9.08. The van der Waals surface area contributed by atoms with Crippen LogP contribution in [-0.2, 0) is 0 Å². The number of ketones is 1. The number of carbonyl (C=O) groups excluding carboxylic acids is 1. The average Bonchev–Trinajstić information content (AvgIpc) is 2.35. The Morgan fingerprint density at radius 2 is 1.83 bits per heavy atom. The molecule has 92 valence electrons. The van der Waals surface area contributed by atoms with Crippen LogP contribution >= 0.6 is 11.6 Å². The zero-order valence-corrected chi connectivity index (χ0v) is 9.84. The first kappa shape index (κ1) is 12.5. The van der Waals surface area contributed by atoms with Crippen LogP contribution in [0.15, 0.2) is 36.4 Å². The lowest BCUT2D eigenvalue weighted by Crippen LogP contribution is -2.04. The molecule has 2 N–H and O–H groups in total. The van der Waals surface area contributed by atoms with Crippen LogP contribution in [0.5, 0.6) is 0 Å². The molecule has 0 aromatic heterocycles. The molecule has 0 atom stereocenters. The summed E-state index contributed by atoms with van der Waals surface area (Å²) in [5, 5.41) is 0.110. The molecule has 0 unspecified atom stereocenters. The first-order valence-electron chi connectivity index (χ1n) is 5.04. The van der Waals surface area contributed by atoms with Crippen molar-refractivity contribution < 1.29 is 13.6 Å². The van der Waals surface area contributed by atoms with Crippen molar-refractivity contribution in [3.63, 3.8) is 0 Å². The van der Waals surface area contributed by atoms with Crippen molar-refractivity contribution in [2.75, 3.05) is 5.73 Å². The number of hydrogen-bond donors (Lipinski definition) is 1. The molecule has 0 aliphatic rings. The summed E-state index contributed by atoms with van der Waals surface area (Å²) in [5.74, 6) is -1.84. The number of rotatable bonds is 2. The largest absolute Gasteiger partial charge is 0.396 e. The van der Waals surface area contributed by atoms with Gasteiger partial charge in [-0.3, -0.25) is 4.79 Å². The third-order valence-corrected chi connectivity index (χ3v) is 2.77. The minimum Gasteiger partial charge on any atom is -0.396 e. The molecular formula is C13H8ClF2NO. The van der Waals surface area contributed by atoms with Gasteiger partial charge in [-0.25, -0.2) is 8.78 Å². The maximum atomic E-state index is 13.3. The SMILES string of the molecule is Nc1ccc(C(=O)c2cc(F)ccc2Cl)cc1F. The highest BCUT2D eigenvalue weighted by Gasteiger charge is 2.15. The minimum atomic E-state index is -0.701. The highest BCUT2D eigenvalue weighted by Crippen LogP contribution is 2.22. The number of carbonyl (C=O) groups is 1. The van der Waals surface area contributed by atoms with E-state index in [0.717, 1.165) is 18.2 Å². The van der Waals surface area contributed by atoms with Crippen molar-refractivity contribution >= 4 is 23.1 Å². The summed E-state index contributed by atoms with van der Waals surface area (Å²) >= 11 is 5.81. The zero-order chi connectivity index (χ0) is 13.3. The number of nitrogen functional groups attached to an aromatic ring is 1. The van der Waals surface area contributed by atoms with E-state index in [9.17, 15) is 13.6 Å². The van der Waals surface area contributed by atoms with Crippen LogP contribution in [0.3, 0.4) is 0 Å². The van der Waals surface area contributed by atoms with Crippen LogP contribution in [0.1, 0.15) is 15.9 Å². The Labute approximate surface area is 107 Å². The fourth-order valence-corrected chi connectivity index (χ4v) is 1.70.